The van der Waals surface area contributed by atoms with Crippen LogP contribution in [0.25, 0.3) is 0 Å². The number of aryl methyl sites for hydroxylation is 2. The summed E-state index contributed by atoms with van der Waals surface area (Å²) in [7, 11) is 0. The van der Waals surface area contributed by atoms with E-state index in [-0.39, 0.29) is 0 Å². The molecule has 1 rings (SSSR count). The van der Waals surface area contributed by atoms with Gasteiger partial charge in [0.05, 0.1) is 0 Å². The average molecular weight is 311 g/mol. The molecule has 0 aliphatic heterocycles. The first-order chi connectivity index (χ1) is 8.32. The third-order valence-corrected chi connectivity index (χ3v) is 4.89. The molecule has 0 radical (unpaired) electrons. The quantitative estimate of drug-likeness (QED) is 0.626. The summed E-state index contributed by atoms with van der Waals surface area (Å²) < 4.78 is 0. The first kappa shape index (κ1) is 15.8. The lowest BCUT2D eigenvalue weighted by atomic mass is 9.81. The van der Waals surface area contributed by atoms with Gasteiger partial charge in [-0.25, -0.2) is 0 Å². The van der Waals surface area contributed by atoms with Gasteiger partial charge in [0, 0.05) is 4.83 Å². The predicted molar refractivity (Wildman–Crippen MR) is 85.5 cm³/mol. The molecular weight excluding hydrogens is 284 g/mol. The van der Waals surface area contributed by atoms with Crippen LogP contribution in [0.3, 0.4) is 0 Å². The first-order valence-corrected chi connectivity index (χ1v) is 7.94. The van der Waals surface area contributed by atoms with E-state index in [1.54, 1.807) is 0 Å². The van der Waals surface area contributed by atoms with E-state index in [0.29, 0.717) is 4.83 Å². The Morgan fingerprint density at radius 2 is 1.50 bits per heavy atom. The fraction of sp³-hybridized carbons (Fsp3) is 0.647. The van der Waals surface area contributed by atoms with E-state index >= 15 is 0 Å². The van der Waals surface area contributed by atoms with Crippen LogP contribution >= 0.6 is 15.9 Å². The highest BCUT2D eigenvalue weighted by molar-refractivity contribution is 9.09. The van der Waals surface area contributed by atoms with Crippen molar-refractivity contribution in [2.45, 2.75) is 52.8 Å². The van der Waals surface area contributed by atoms with E-state index in [1.165, 1.54) is 16.7 Å². The molecule has 1 aromatic carbocycles. The lowest BCUT2D eigenvalue weighted by Crippen LogP contribution is -2.27. The highest BCUT2D eigenvalue weighted by atomic mass is 79.9. The Kier molecular flexibility index (Phi) is 5.91. The van der Waals surface area contributed by atoms with Gasteiger partial charge >= 0.3 is 0 Å². The molecule has 0 fully saturated rings. The molecule has 0 aliphatic rings. The van der Waals surface area contributed by atoms with Crippen molar-refractivity contribution in [3.63, 3.8) is 0 Å². The molecular formula is C17H27Br. The Hall–Kier alpha value is -0.300. The summed E-state index contributed by atoms with van der Waals surface area (Å²) >= 11 is 3.93. The van der Waals surface area contributed by atoms with Crippen molar-refractivity contribution < 1.29 is 0 Å². The minimum atomic E-state index is 0.569. The lowest BCUT2D eigenvalue weighted by molar-refractivity contribution is 0.281. The summed E-state index contributed by atoms with van der Waals surface area (Å²) in [4.78, 5) is 0.569. The largest absolute Gasteiger partial charge is 0.0884 e. The van der Waals surface area contributed by atoms with Crippen molar-refractivity contribution >= 4 is 15.9 Å². The summed E-state index contributed by atoms with van der Waals surface area (Å²) in [6, 6.07) is 6.85. The maximum absolute atomic E-state index is 3.93. The van der Waals surface area contributed by atoms with E-state index in [4.69, 9.17) is 0 Å². The van der Waals surface area contributed by atoms with Crippen LogP contribution in [0, 0.1) is 31.6 Å². The van der Waals surface area contributed by atoms with Crippen molar-refractivity contribution in [2.24, 2.45) is 17.8 Å². The zero-order chi connectivity index (χ0) is 13.9. The Labute approximate surface area is 121 Å². The average Bonchev–Trinajstić information content (AvgIpc) is 2.22. The number of benzene rings is 1. The van der Waals surface area contributed by atoms with Crippen molar-refractivity contribution in [2.75, 3.05) is 0 Å². The van der Waals surface area contributed by atoms with Crippen LogP contribution in [-0.2, 0) is 6.42 Å². The Morgan fingerprint density at radius 3 is 1.94 bits per heavy atom. The van der Waals surface area contributed by atoms with Gasteiger partial charge in [-0.15, -0.1) is 0 Å². The van der Waals surface area contributed by atoms with Gasteiger partial charge in [-0.2, -0.15) is 0 Å². The summed E-state index contributed by atoms with van der Waals surface area (Å²) in [5.41, 5.74) is 4.23. The second-order valence-corrected chi connectivity index (χ2v) is 7.38. The molecule has 0 amide bonds. The zero-order valence-electron chi connectivity index (χ0n) is 12.6. The molecule has 0 aliphatic carbocycles. The Balaban J connectivity index is 2.79. The SMILES string of the molecule is Cc1ccc(CC(Br)C(C(C)C)C(C)C)cc1C. The molecule has 18 heavy (non-hydrogen) atoms. The highest BCUT2D eigenvalue weighted by Crippen LogP contribution is 2.31. The molecule has 0 nitrogen and oxygen atoms in total. The second kappa shape index (κ2) is 6.75. The zero-order valence-corrected chi connectivity index (χ0v) is 14.2. The maximum atomic E-state index is 3.93. The molecule has 0 saturated carbocycles. The maximum Gasteiger partial charge on any atom is 0.0219 e. The molecule has 0 aromatic heterocycles. The van der Waals surface area contributed by atoms with Crippen LogP contribution in [0.2, 0.25) is 0 Å². The van der Waals surface area contributed by atoms with Crippen molar-refractivity contribution in [3.05, 3.63) is 34.9 Å². The molecule has 0 spiro atoms. The monoisotopic (exact) mass is 310 g/mol. The number of alkyl halides is 1. The van der Waals surface area contributed by atoms with Crippen LogP contribution in [-0.4, -0.2) is 4.83 Å². The summed E-state index contributed by atoms with van der Waals surface area (Å²) in [5.74, 6) is 2.17. The molecule has 1 heteroatoms. The minimum absolute atomic E-state index is 0.569. The van der Waals surface area contributed by atoms with Gasteiger partial charge in [0.2, 0.25) is 0 Å². The van der Waals surface area contributed by atoms with Gasteiger partial charge < -0.3 is 0 Å². The fourth-order valence-corrected chi connectivity index (χ4v) is 4.49. The van der Waals surface area contributed by atoms with E-state index in [2.05, 4.69) is 75.7 Å². The Bertz CT molecular complexity index is 371. The van der Waals surface area contributed by atoms with Crippen LogP contribution in [0.15, 0.2) is 18.2 Å². The lowest BCUT2D eigenvalue weighted by Gasteiger charge is -2.30. The number of hydrogen-bond donors (Lipinski definition) is 0. The molecule has 1 atom stereocenters. The predicted octanol–water partition coefficient (Wildman–Crippen LogP) is 5.54. The van der Waals surface area contributed by atoms with E-state index < -0.39 is 0 Å². The summed E-state index contributed by atoms with van der Waals surface area (Å²) in [5, 5.41) is 0. The van der Waals surface area contributed by atoms with Crippen LogP contribution < -0.4 is 0 Å². The first-order valence-electron chi connectivity index (χ1n) is 7.03. The van der Waals surface area contributed by atoms with Crippen LogP contribution in [0.5, 0.6) is 0 Å². The molecule has 1 unspecified atom stereocenters. The molecule has 1 aromatic rings. The molecule has 0 bridgehead atoms. The Morgan fingerprint density at radius 1 is 0.944 bits per heavy atom. The third-order valence-electron chi connectivity index (χ3n) is 3.96. The van der Waals surface area contributed by atoms with Gasteiger partial charge in [0.25, 0.3) is 0 Å². The van der Waals surface area contributed by atoms with Gasteiger partial charge in [-0.05, 0) is 54.7 Å². The summed E-state index contributed by atoms with van der Waals surface area (Å²) in [6.07, 6.45) is 1.13. The molecule has 0 heterocycles. The number of rotatable bonds is 5. The van der Waals surface area contributed by atoms with E-state index in [1.807, 2.05) is 0 Å². The topological polar surface area (TPSA) is 0 Å². The molecule has 0 N–H and O–H groups in total. The standard InChI is InChI=1S/C17H27Br/c1-11(2)17(12(3)4)16(18)10-15-8-7-13(5)14(6)9-15/h7-9,11-12,16-17H,10H2,1-6H3. The van der Waals surface area contributed by atoms with Gasteiger partial charge in [-0.3, -0.25) is 0 Å². The van der Waals surface area contributed by atoms with Crippen molar-refractivity contribution in [1.29, 1.82) is 0 Å². The highest BCUT2D eigenvalue weighted by Gasteiger charge is 2.25. The van der Waals surface area contributed by atoms with Crippen LogP contribution in [0.4, 0.5) is 0 Å². The second-order valence-electron chi connectivity index (χ2n) is 6.20. The molecule has 0 saturated heterocycles. The van der Waals surface area contributed by atoms with Crippen molar-refractivity contribution in [3.8, 4) is 0 Å². The third kappa shape index (κ3) is 4.12. The fourth-order valence-electron chi connectivity index (χ4n) is 2.90. The van der Waals surface area contributed by atoms with Crippen molar-refractivity contribution in [1.82, 2.24) is 0 Å². The minimum Gasteiger partial charge on any atom is -0.0884 e. The van der Waals surface area contributed by atoms with Gasteiger partial charge in [0.1, 0.15) is 0 Å². The van der Waals surface area contributed by atoms with Crippen LogP contribution in [0.1, 0.15) is 44.4 Å². The number of hydrogen-bond acceptors (Lipinski definition) is 0. The molecule has 102 valence electrons. The summed E-state index contributed by atoms with van der Waals surface area (Å²) in [6.45, 7) is 13.7. The smallest absolute Gasteiger partial charge is 0.0219 e. The van der Waals surface area contributed by atoms with Gasteiger partial charge in [-0.1, -0.05) is 61.8 Å². The van der Waals surface area contributed by atoms with E-state index in [0.717, 1.165) is 24.2 Å². The normalized spacial score (nSPS) is 13.7. The van der Waals surface area contributed by atoms with E-state index in [9.17, 15) is 0 Å². The number of halogens is 1. The van der Waals surface area contributed by atoms with Gasteiger partial charge in [0.15, 0.2) is 0 Å².